The molecule has 1 aliphatic carbocycles. The summed E-state index contributed by atoms with van der Waals surface area (Å²) in [6, 6.07) is 10.5. The summed E-state index contributed by atoms with van der Waals surface area (Å²) >= 11 is 0. The Morgan fingerprint density at radius 2 is 1.69 bits per heavy atom. The van der Waals surface area contributed by atoms with E-state index in [4.69, 9.17) is 9.47 Å². The van der Waals surface area contributed by atoms with Gasteiger partial charge in [0.05, 0.1) is 17.5 Å². The number of nitrogens with one attached hydrogen (secondary N) is 1. The van der Waals surface area contributed by atoms with Crippen molar-refractivity contribution in [2.45, 2.75) is 103 Å². The number of nitrogens with zero attached hydrogens (tertiary/aromatic N) is 5. The third-order valence-corrected chi connectivity index (χ3v) is 10.1. The minimum absolute atomic E-state index is 0.0967. The molecule has 3 aromatic rings. The van der Waals surface area contributed by atoms with Gasteiger partial charge in [0.15, 0.2) is 5.79 Å². The number of carbonyl (C=O) groups is 3. The average molecular weight is 661 g/mol. The number of rotatable bonds is 6. The molecule has 2 aliphatic heterocycles. The van der Waals surface area contributed by atoms with E-state index in [1.54, 1.807) is 43.0 Å². The van der Waals surface area contributed by atoms with Gasteiger partial charge in [0, 0.05) is 42.9 Å². The second kappa shape index (κ2) is 12.8. The SMILES string of the molecule is C[C@H]1[C@@H](OC(C)(C)O)[C@H](n2ccc3c(NC(=O)c4ccccc4)ncnc32)C[C@@H]1C(=O)N1CCCC12CCN(C(=O)OC(C)(C)C)CC2. The number of aliphatic hydroxyl groups is 1. The monoisotopic (exact) mass is 660 g/mol. The van der Waals surface area contributed by atoms with Gasteiger partial charge in [-0.15, -0.1) is 0 Å². The summed E-state index contributed by atoms with van der Waals surface area (Å²) in [6.07, 6.45) is 6.27. The van der Waals surface area contributed by atoms with E-state index in [0.717, 1.165) is 12.8 Å². The van der Waals surface area contributed by atoms with Crippen LogP contribution in [0.3, 0.4) is 0 Å². The van der Waals surface area contributed by atoms with Crippen LogP contribution in [0.4, 0.5) is 10.6 Å². The number of ether oxygens (including phenoxy) is 2. The number of amides is 3. The van der Waals surface area contributed by atoms with Crippen molar-refractivity contribution in [1.82, 2.24) is 24.3 Å². The van der Waals surface area contributed by atoms with Crippen molar-refractivity contribution in [2.24, 2.45) is 11.8 Å². The van der Waals surface area contributed by atoms with Crippen LogP contribution in [0.15, 0.2) is 48.9 Å². The van der Waals surface area contributed by atoms with Crippen molar-refractivity contribution in [2.75, 3.05) is 25.0 Å². The van der Waals surface area contributed by atoms with Gasteiger partial charge in [-0.1, -0.05) is 25.1 Å². The number of likely N-dealkylation sites (tertiary alicyclic amines) is 2. The summed E-state index contributed by atoms with van der Waals surface area (Å²) in [5.41, 5.74) is 0.269. The molecule has 1 spiro atoms. The van der Waals surface area contributed by atoms with E-state index >= 15 is 0 Å². The van der Waals surface area contributed by atoms with Gasteiger partial charge in [-0.2, -0.15) is 0 Å². The first-order valence-corrected chi connectivity index (χ1v) is 17.0. The first-order valence-electron chi connectivity index (χ1n) is 17.0. The van der Waals surface area contributed by atoms with Crippen molar-refractivity contribution in [3.63, 3.8) is 0 Å². The van der Waals surface area contributed by atoms with Gasteiger partial charge in [0.2, 0.25) is 5.91 Å². The summed E-state index contributed by atoms with van der Waals surface area (Å²) in [5.74, 6) is -1.76. The molecule has 0 unspecified atom stereocenters. The highest BCUT2D eigenvalue weighted by Crippen LogP contribution is 2.48. The maximum atomic E-state index is 14.6. The average Bonchev–Trinajstić information content (AvgIpc) is 3.72. The van der Waals surface area contributed by atoms with Crippen molar-refractivity contribution >= 4 is 34.8 Å². The molecule has 0 radical (unpaired) electrons. The van der Waals surface area contributed by atoms with Crippen LogP contribution in [0.25, 0.3) is 11.0 Å². The quantitative estimate of drug-likeness (QED) is 0.336. The van der Waals surface area contributed by atoms with Crippen molar-refractivity contribution < 1.29 is 29.0 Å². The zero-order valence-corrected chi connectivity index (χ0v) is 28.8. The number of aromatic nitrogens is 3. The van der Waals surface area contributed by atoms with E-state index in [1.807, 2.05) is 50.6 Å². The lowest BCUT2D eigenvalue weighted by Gasteiger charge is -2.46. The molecule has 4 heterocycles. The summed E-state index contributed by atoms with van der Waals surface area (Å²) in [6.45, 7) is 12.6. The Labute approximate surface area is 281 Å². The zero-order valence-electron chi connectivity index (χ0n) is 28.8. The summed E-state index contributed by atoms with van der Waals surface area (Å²) < 4.78 is 13.9. The fourth-order valence-corrected chi connectivity index (χ4v) is 7.85. The predicted molar refractivity (Wildman–Crippen MR) is 180 cm³/mol. The van der Waals surface area contributed by atoms with Gasteiger partial charge in [0.1, 0.15) is 23.4 Å². The fraction of sp³-hybridized carbons (Fsp3) is 0.583. The van der Waals surface area contributed by atoms with E-state index in [-0.39, 0.29) is 41.3 Å². The number of carbonyl (C=O) groups excluding carboxylic acids is 3. The maximum absolute atomic E-state index is 14.6. The molecule has 3 aliphatic rings. The third kappa shape index (κ3) is 6.78. The van der Waals surface area contributed by atoms with Gasteiger partial charge in [-0.25, -0.2) is 14.8 Å². The molecule has 12 heteroatoms. The van der Waals surface area contributed by atoms with Crippen LogP contribution in [-0.2, 0) is 14.3 Å². The highest BCUT2D eigenvalue weighted by atomic mass is 16.6. The molecule has 0 bridgehead atoms. The maximum Gasteiger partial charge on any atom is 0.410 e. The number of piperidine rings is 1. The largest absolute Gasteiger partial charge is 0.444 e. The standard InChI is InChI=1S/C36H48N6O6/c1-23-26(32(44)42-17-10-14-36(42)15-19-40(20-16-36)33(45)48-34(2,3)4)21-27(28(23)47-35(5,6)46)41-18-13-25-29(37-22-38-30(25)41)39-31(43)24-11-8-7-9-12-24/h7-9,11-13,18,22-23,26-28,46H,10,14-17,19-21H2,1-6H3,(H,37,38,39,43)/t23-,26+,27-,28-/m1/s1. The second-order valence-electron chi connectivity index (χ2n) is 15.1. The number of anilines is 1. The van der Waals surface area contributed by atoms with E-state index in [1.165, 1.54) is 6.33 Å². The van der Waals surface area contributed by atoms with Crippen LogP contribution in [0.2, 0.25) is 0 Å². The summed E-state index contributed by atoms with van der Waals surface area (Å²) in [7, 11) is 0. The van der Waals surface area contributed by atoms with E-state index in [0.29, 0.717) is 61.3 Å². The van der Waals surface area contributed by atoms with Gasteiger partial charge >= 0.3 is 6.09 Å². The Bertz CT molecular complexity index is 1650. The second-order valence-corrected chi connectivity index (χ2v) is 15.1. The Morgan fingerprint density at radius 1 is 0.979 bits per heavy atom. The van der Waals surface area contributed by atoms with E-state index < -0.39 is 17.5 Å². The normalized spacial score (nSPS) is 24.3. The Morgan fingerprint density at radius 3 is 2.35 bits per heavy atom. The van der Waals surface area contributed by atoms with Crippen LogP contribution in [0.5, 0.6) is 0 Å². The molecule has 1 saturated carbocycles. The Hall–Kier alpha value is -4.03. The number of hydrogen-bond donors (Lipinski definition) is 2. The van der Waals surface area contributed by atoms with Crippen molar-refractivity contribution in [3.8, 4) is 0 Å². The molecule has 258 valence electrons. The van der Waals surface area contributed by atoms with Crippen molar-refractivity contribution in [1.29, 1.82) is 0 Å². The van der Waals surface area contributed by atoms with Gasteiger partial charge in [-0.3, -0.25) is 9.59 Å². The highest BCUT2D eigenvalue weighted by Gasteiger charge is 2.53. The van der Waals surface area contributed by atoms with Crippen LogP contribution in [-0.4, -0.2) is 90.0 Å². The number of fused-ring (bicyclic) bond motifs is 1. The number of benzene rings is 1. The van der Waals surface area contributed by atoms with Crippen LogP contribution < -0.4 is 5.32 Å². The topological polar surface area (TPSA) is 139 Å². The first kappa shape index (κ1) is 33.9. The van der Waals surface area contributed by atoms with Gasteiger partial charge in [-0.05, 0) is 90.8 Å². The minimum Gasteiger partial charge on any atom is -0.444 e. The lowest BCUT2D eigenvalue weighted by Crippen LogP contribution is -2.56. The predicted octanol–water partition coefficient (Wildman–Crippen LogP) is 5.39. The molecule has 12 nitrogen and oxygen atoms in total. The number of hydrogen-bond acceptors (Lipinski definition) is 8. The molecule has 48 heavy (non-hydrogen) atoms. The Kier molecular flexibility index (Phi) is 9.01. The van der Waals surface area contributed by atoms with Crippen molar-refractivity contribution in [3.05, 3.63) is 54.5 Å². The molecular weight excluding hydrogens is 612 g/mol. The Balaban J connectivity index is 1.24. The fourth-order valence-electron chi connectivity index (χ4n) is 7.85. The zero-order chi connectivity index (χ0) is 34.4. The summed E-state index contributed by atoms with van der Waals surface area (Å²) in [4.78, 5) is 53.1. The van der Waals surface area contributed by atoms with E-state index in [9.17, 15) is 19.5 Å². The van der Waals surface area contributed by atoms with Crippen LogP contribution in [0.1, 0.15) is 90.0 Å². The molecule has 1 aromatic carbocycles. The molecule has 4 atom stereocenters. The molecular formula is C36H48N6O6. The van der Waals surface area contributed by atoms with Crippen LogP contribution >= 0.6 is 0 Å². The molecule has 3 fully saturated rings. The molecule has 6 rings (SSSR count). The smallest absolute Gasteiger partial charge is 0.410 e. The molecule has 2 aromatic heterocycles. The lowest BCUT2D eigenvalue weighted by molar-refractivity contribution is -0.219. The summed E-state index contributed by atoms with van der Waals surface area (Å²) in [5, 5.41) is 14.4. The molecule has 2 N–H and O–H groups in total. The lowest BCUT2D eigenvalue weighted by atomic mass is 9.83. The molecule has 3 amide bonds. The highest BCUT2D eigenvalue weighted by molar-refractivity contribution is 6.07. The van der Waals surface area contributed by atoms with Gasteiger partial charge in [0.25, 0.3) is 5.91 Å². The molecule has 2 saturated heterocycles. The van der Waals surface area contributed by atoms with Gasteiger partial charge < -0.3 is 34.3 Å². The first-order chi connectivity index (χ1) is 22.7. The van der Waals surface area contributed by atoms with Crippen LogP contribution in [0, 0.1) is 11.8 Å². The third-order valence-electron chi connectivity index (χ3n) is 10.1. The minimum atomic E-state index is -1.43. The van der Waals surface area contributed by atoms with E-state index in [2.05, 4.69) is 20.2 Å².